The number of aliphatic imine (C=N–C) groups is 1. The molecule has 156 valence electrons. The summed E-state index contributed by atoms with van der Waals surface area (Å²) in [5, 5.41) is 14.8. The highest BCUT2D eigenvalue weighted by molar-refractivity contribution is 14.0. The van der Waals surface area contributed by atoms with Crippen LogP contribution in [-0.2, 0) is 0 Å². The molecule has 7 rings (SSSR count). The summed E-state index contributed by atoms with van der Waals surface area (Å²) in [6.07, 6.45) is 3.62. The summed E-state index contributed by atoms with van der Waals surface area (Å²) in [5.41, 5.74) is 6.40. The lowest BCUT2D eigenvalue weighted by molar-refractivity contribution is -0.123. The molecular weight excluding hydrogens is 481 g/mol. The van der Waals surface area contributed by atoms with E-state index in [2.05, 4.69) is 10.3 Å². The summed E-state index contributed by atoms with van der Waals surface area (Å²) < 4.78 is 11.4. The van der Waals surface area contributed by atoms with Gasteiger partial charge >= 0.3 is 0 Å². The number of fused-ring (bicyclic) bond motifs is 3. The molecule has 7 heteroatoms. The Morgan fingerprint density at radius 1 is 1.07 bits per heavy atom. The standard InChI is InChI=1S/C22H27N3O3.HI/c23-21(25-10-2-3-15-16(6-10)28-5-1-4-27-15)24-9-22(26)19-12-8-13-17-11(12)7-14(19)18(17)20(13)22;/h2-3,6,11-14,17-20,26H,1,4-5,7-9H2,(H3,23,24,25);1H. The Kier molecular flexibility index (Phi) is 3.93. The molecule has 1 aromatic rings. The number of hydrogen-bond donors (Lipinski definition) is 3. The van der Waals surface area contributed by atoms with Crippen LogP contribution in [-0.4, -0.2) is 36.4 Å². The predicted octanol–water partition coefficient (Wildman–Crippen LogP) is 2.70. The number of rotatable bonds is 3. The topological polar surface area (TPSA) is 89.1 Å². The van der Waals surface area contributed by atoms with Gasteiger partial charge in [0.25, 0.3) is 0 Å². The lowest BCUT2D eigenvalue weighted by atomic mass is 9.56. The number of hydrogen-bond acceptors (Lipinski definition) is 4. The van der Waals surface area contributed by atoms with Crippen molar-refractivity contribution in [1.29, 1.82) is 0 Å². The van der Waals surface area contributed by atoms with E-state index >= 15 is 0 Å². The lowest BCUT2D eigenvalue weighted by Gasteiger charge is -2.51. The van der Waals surface area contributed by atoms with Gasteiger partial charge in [0.2, 0.25) is 0 Å². The average Bonchev–Trinajstić information content (AvgIpc) is 3.10. The van der Waals surface area contributed by atoms with Gasteiger partial charge in [0.15, 0.2) is 17.5 Å². The van der Waals surface area contributed by atoms with Crippen LogP contribution in [0.2, 0.25) is 0 Å². The van der Waals surface area contributed by atoms with Crippen LogP contribution >= 0.6 is 24.0 Å². The van der Waals surface area contributed by atoms with E-state index in [1.165, 1.54) is 12.8 Å². The maximum atomic E-state index is 11.6. The Morgan fingerprint density at radius 3 is 2.69 bits per heavy atom. The minimum absolute atomic E-state index is 0. The number of nitrogens with zero attached hydrogens (tertiary/aromatic N) is 1. The monoisotopic (exact) mass is 509 g/mol. The smallest absolute Gasteiger partial charge is 0.193 e. The fraction of sp³-hybridized carbons (Fsp3) is 0.682. The van der Waals surface area contributed by atoms with Crippen LogP contribution in [0.5, 0.6) is 11.5 Å². The highest BCUT2D eigenvalue weighted by Crippen LogP contribution is 2.85. The first-order valence-corrected chi connectivity index (χ1v) is 10.8. The van der Waals surface area contributed by atoms with E-state index in [9.17, 15) is 5.11 Å². The molecule has 29 heavy (non-hydrogen) atoms. The van der Waals surface area contributed by atoms with E-state index in [0.717, 1.165) is 59.1 Å². The zero-order chi connectivity index (χ0) is 18.6. The maximum absolute atomic E-state index is 11.6. The first kappa shape index (κ1) is 18.5. The van der Waals surface area contributed by atoms with Gasteiger partial charge < -0.3 is 25.6 Å². The van der Waals surface area contributed by atoms with Crippen molar-refractivity contribution in [3.05, 3.63) is 18.2 Å². The Labute approximate surface area is 187 Å². The molecule has 0 saturated heterocycles. The van der Waals surface area contributed by atoms with E-state index in [1.807, 2.05) is 18.2 Å². The van der Waals surface area contributed by atoms with Crippen LogP contribution in [0.25, 0.3) is 0 Å². The molecule has 9 atom stereocenters. The summed E-state index contributed by atoms with van der Waals surface area (Å²) >= 11 is 0. The number of halogens is 1. The molecule has 9 unspecified atom stereocenters. The van der Waals surface area contributed by atoms with Crippen molar-refractivity contribution < 1.29 is 14.6 Å². The lowest BCUT2D eigenvalue weighted by Crippen LogP contribution is -2.56. The van der Waals surface area contributed by atoms with Crippen LogP contribution in [0.4, 0.5) is 5.69 Å². The molecule has 4 N–H and O–H groups in total. The number of aliphatic hydroxyl groups is 1. The number of ether oxygens (including phenoxy) is 2. The highest BCUT2D eigenvalue weighted by Gasteiger charge is 2.84. The van der Waals surface area contributed by atoms with Crippen molar-refractivity contribution in [1.82, 2.24) is 0 Å². The first-order valence-electron chi connectivity index (χ1n) is 10.8. The average molecular weight is 509 g/mol. The van der Waals surface area contributed by atoms with Crippen molar-refractivity contribution in [2.45, 2.75) is 24.9 Å². The van der Waals surface area contributed by atoms with E-state index in [0.29, 0.717) is 37.6 Å². The number of guanidine groups is 1. The Bertz CT molecular complexity index is 888. The molecular formula is C22H28IN3O3. The predicted molar refractivity (Wildman–Crippen MR) is 120 cm³/mol. The minimum atomic E-state index is -0.623. The Morgan fingerprint density at radius 2 is 1.83 bits per heavy atom. The fourth-order valence-electron chi connectivity index (χ4n) is 8.58. The van der Waals surface area contributed by atoms with Crippen LogP contribution < -0.4 is 20.5 Å². The maximum Gasteiger partial charge on any atom is 0.193 e. The third-order valence-corrected chi connectivity index (χ3v) is 9.04. The summed E-state index contributed by atoms with van der Waals surface area (Å²) in [6, 6.07) is 5.73. The molecule has 1 aromatic carbocycles. The number of nitrogens with two attached hydrogens (primary N) is 1. The molecule has 0 radical (unpaired) electrons. The molecule has 6 aliphatic rings. The summed E-state index contributed by atoms with van der Waals surface area (Å²) in [5.74, 6) is 7.73. The van der Waals surface area contributed by atoms with Crippen molar-refractivity contribution in [3.8, 4) is 11.5 Å². The van der Waals surface area contributed by atoms with Crippen LogP contribution in [0.15, 0.2) is 23.2 Å². The van der Waals surface area contributed by atoms with Gasteiger partial charge in [-0.1, -0.05) is 0 Å². The second kappa shape index (κ2) is 6.15. The van der Waals surface area contributed by atoms with Gasteiger partial charge in [-0.25, -0.2) is 0 Å². The van der Waals surface area contributed by atoms with Gasteiger partial charge in [0, 0.05) is 18.2 Å². The van der Waals surface area contributed by atoms with Crippen LogP contribution in [0.3, 0.4) is 0 Å². The van der Waals surface area contributed by atoms with Crippen molar-refractivity contribution in [3.63, 3.8) is 0 Å². The summed E-state index contributed by atoms with van der Waals surface area (Å²) in [4.78, 5) is 4.61. The number of anilines is 1. The normalized spacial score (nSPS) is 47.0. The van der Waals surface area contributed by atoms with Gasteiger partial charge in [-0.3, -0.25) is 4.99 Å². The number of benzene rings is 1. The van der Waals surface area contributed by atoms with Crippen molar-refractivity contribution in [2.75, 3.05) is 25.1 Å². The highest BCUT2D eigenvalue weighted by atomic mass is 127. The molecule has 0 amide bonds. The molecule has 5 fully saturated rings. The van der Waals surface area contributed by atoms with Gasteiger partial charge in [0.1, 0.15) is 0 Å². The Hall–Kier alpha value is -1.22. The van der Waals surface area contributed by atoms with Crippen molar-refractivity contribution >= 4 is 35.6 Å². The second-order valence-electron chi connectivity index (χ2n) is 9.86. The second-order valence-corrected chi connectivity index (χ2v) is 9.86. The Balaban J connectivity index is 0.00000165. The summed E-state index contributed by atoms with van der Waals surface area (Å²) in [7, 11) is 0. The molecule has 5 saturated carbocycles. The largest absolute Gasteiger partial charge is 0.490 e. The zero-order valence-electron chi connectivity index (χ0n) is 16.3. The van der Waals surface area contributed by atoms with E-state index < -0.39 is 5.60 Å². The molecule has 5 aliphatic carbocycles. The van der Waals surface area contributed by atoms with Crippen LogP contribution in [0.1, 0.15) is 19.3 Å². The van der Waals surface area contributed by atoms with Crippen molar-refractivity contribution in [2.24, 2.45) is 58.1 Å². The minimum Gasteiger partial charge on any atom is -0.490 e. The van der Waals surface area contributed by atoms with Gasteiger partial charge in [0.05, 0.1) is 25.4 Å². The van der Waals surface area contributed by atoms with E-state index in [1.54, 1.807) is 0 Å². The molecule has 1 aliphatic heterocycles. The molecule has 0 spiro atoms. The first-order chi connectivity index (χ1) is 13.6. The van der Waals surface area contributed by atoms with Gasteiger partial charge in [-0.2, -0.15) is 0 Å². The molecule has 2 bridgehead atoms. The zero-order valence-corrected chi connectivity index (χ0v) is 18.6. The third kappa shape index (κ3) is 2.23. The number of nitrogens with one attached hydrogen (secondary N) is 1. The SMILES string of the molecule is I.NC(=NCC1(O)C2C3CC4C5C3CC2C5C41)Nc1ccc2c(c1)OCCCO2. The fourth-order valence-corrected chi connectivity index (χ4v) is 8.58. The summed E-state index contributed by atoms with van der Waals surface area (Å²) in [6.45, 7) is 1.77. The van der Waals surface area contributed by atoms with E-state index in [-0.39, 0.29) is 24.0 Å². The van der Waals surface area contributed by atoms with Gasteiger partial charge in [-0.15, -0.1) is 24.0 Å². The quantitative estimate of drug-likeness (QED) is 0.332. The van der Waals surface area contributed by atoms with E-state index in [4.69, 9.17) is 15.2 Å². The van der Waals surface area contributed by atoms with Gasteiger partial charge in [-0.05, 0) is 72.3 Å². The third-order valence-electron chi connectivity index (χ3n) is 9.04. The molecule has 6 nitrogen and oxygen atoms in total. The molecule has 1 heterocycles. The molecule has 0 aromatic heterocycles. The van der Waals surface area contributed by atoms with Crippen LogP contribution in [0, 0.1) is 47.3 Å².